The molecule has 0 fully saturated rings. The maximum absolute atomic E-state index is 13.0. The summed E-state index contributed by atoms with van der Waals surface area (Å²) in [6.07, 6.45) is -2.43. The Morgan fingerprint density at radius 2 is 1.97 bits per heavy atom. The van der Waals surface area contributed by atoms with Gasteiger partial charge in [-0.3, -0.25) is 9.59 Å². The Morgan fingerprint density at radius 1 is 1.24 bits per heavy atom. The van der Waals surface area contributed by atoms with Gasteiger partial charge in [0.15, 0.2) is 5.16 Å². The molecule has 158 valence electrons. The molecule has 0 bridgehead atoms. The second kappa shape index (κ2) is 10.9. The zero-order chi connectivity index (χ0) is 21.3. The predicted molar refractivity (Wildman–Crippen MR) is 103 cm³/mol. The summed E-state index contributed by atoms with van der Waals surface area (Å²) in [5, 5.41) is 2.74. The van der Waals surface area contributed by atoms with E-state index in [1.807, 2.05) is 0 Å². The molecule has 10 heteroatoms. The number of halogens is 3. The van der Waals surface area contributed by atoms with Crippen molar-refractivity contribution < 1.29 is 27.5 Å². The third-order valence-corrected chi connectivity index (χ3v) is 4.73. The molecule has 6 nitrogen and oxygen atoms in total. The van der Waals surface area contributed by atoms with E-state index < -0.39 is 12.7 Å². The number of imidazole rings is 1. The minimum absolute atomic E-state index is 0.0808. The first kappa shape index (κ1) is 22.8. The van der Waals surface area contributed by atoms with E-state index >= 15 is 0 Å². The average molecular weight is 429 g/mol. The molecule has 1 aromatic heterocycles. The zero-order valence-corrected chi connectivity index (χ0v) is 16.7. The van der Waals surface area contributed by atoms with Crippen molar-refractivity contribution in [2.24, 2.45) is 0 Å². The van der Waals surface area contributed by atoms with Crippen molar-refractivity contribution >= 4 is 23.6 Å². The number of ether oxygens (including phenoxy) is 1. The highest BCUT2D eigenvalue weighted by Gasteiger charge is 2.31. The maximum Gasteiger partial charge on any atom is 0.406 e. The number of aromatic nitrogens is 2. The van der Waals surface area contributed by atoms with E-state index in [1.165, 1.54) is 6.20 Å². The van der Waals surface area contributed by atoms with Gasteiger partial charge in [-0.15, -0.1) is 0 Å². The molecule has 0 radical (unpaired) electrons. The molecule has 0 unspecified atom stereocenters. The monoisotopic (exact) mass is 429 g/mol. The van der Waals surface area contributed by atoms with Crippen molar-refractivity contribution in [1.82, 2.24) is 14.9 Å². The van der Waals surface area contributed by atoms with Crippen molar-refractivity contribution in [3.05, 3.63) is 36.5 Å². The number of thioether (sulfide) groups is 1. The van der Waals surface area contributed by atoms with Crippen LogP contribution >= 0.6 is 11.8 Å². The van der Waals surface area contributed by atoms with E-state index in [2.05, 4.69) is 10.3 Å². The van der Waals surface area contributed by atoms with Crippen LogP contribution in [0.4, 0.5) is 13.2 Å². The number of benzene rings is 1. The Labute approximate surface area is 170 Å². The summed E-state index contributed by atoms with van der Waals surface area (Å²) < 4.78 is 45.0. The molecule has 1 amide bonds. The molecule has 0 aliphatic heterocycles. The summed E-state index contributed by atoms with van der Waals surface area (Å²) in [6, 6.07) is 8.65. The van der Waals surface area contributed by atoms with E-state index in [1.54, 1.807) is 37.3 Å². The smallest absolute Gasteiger partial charge is 0.406 e. The number of carbonyl (C=O) groups is 2. The largest absolute Gasteiger partial charge is 0.466 e. The van der Waals surface area contributed by atoms with Gasteiger partial charge >= 0.3 is 12.1 Å². The van der Waals surface area contributed by atoms with Crippen LogP contribution in [0.2, 0.25) is 0 Å². The third-order valence-electron chi connectivity index (χ3n) is 3.74. The number of carbonyl (C=O) groups excluding carboxylic acids is 2. The summed E-state index contributed by atoms with van der Waals surface area (Å²) >= 11 is 0.932. The SMILES string of the molecule is CCOC(=O)CCCNC(=O)CSc1ncc(-c2ccccc2)n1CC(F)(F)F. The van der Waals surface area contributed by atoms with Gasteiger partial charge in [-0.05, 0) is 18.9 Å². The Kier molecular flexibility index (Phi) is 8.56. The number of hydrogen-bond donors (Lipinski definition) is 1. The highest BCUT2D eigenvalue weighted by atomic mass is 32.2. The first-order chi connectivity index (χ1) is 13.8. The molecule has 2 aromatic rings. The van der Waals surface area contributed by atoms with Crippen LogP contribution in [0.25, 0.3) is 11.3 Å². The van der Waals surface area contributed by atoms with Gasteiger partial charge in [0.25, 0.3) is 0 Å². The molecule has 0 spiro atoms. The second-order valence-corrected chi connectivity index (χ2v) is 6.98. The lowest BCUT2D eigenvalue weighted by atomic mass is 10.2. The van der Waals surface area contributed by atoms with E-state index in [0.29, 0.717) is 24.3 Å². The van der Waals surface area contributed by atoms with Crippen molar-refractivity contribution in [1.29, 1.82) is 0 Å². The molecule has 2 rings (SSSR count). The lowest BCUT2D eigenvalue weighted by Gasteiger charge is -2.14. The number of rotatable bonds is 10. The first-order valence-corrected chi connectivity index (χ1v) is 10.0. The molecule has 29 heavy (non-hydrogen) atoms. The van der Waals surface area contributed by atoms with Crippen LogP contribution in [0, 0.1) is 0 Å². The van der Waals surface area contributed by atoms with Crippen LogP contribution < -0.4 is 5.32 Å². The molecule has 0 atom stereocenters. The summed E-state index contributed by atoms with van der Waals surface area (Å²) in [7, 11) is 0. The Morgan fingerprint density at radius 3 is 2.62 bits per heavy atom. The van der Waals surface area contributed by atoms with Crippen LogP contribution in [0.1, 0.15) is 19.8 Å². The third kappa shape index (κ3) is 7.80. The molecule has 0 saturated heterocycles. The van der Waals surface area contributed by atoms with Gasteiger partial charge in [-0.1, -0.05) is 42.1 Å². The van der Waals surface area contributed by atoms with Crippen LogP contribution in [0.15, 0.2) is 41.7 Å². The van der Waals surface area contributed by atoms with Crippen molar-refractivity contribution in [3.63, 3.8) is 0 Å². The summed E-state index contributed by atoms with van der Waals surface area (Å²) in [4.78, 5) is 27.3. The van der Waals surface area contributed by atoms with Crippen LogP contribution in [0.5, 0.6) is 0 Å². The predicted octanol–water partition coefficient (Wildman–Crippen LogP) is 3.66. The topological polar surface area (TPSA) is 73.2 Å². The fourth-order valence-corrected chi connectivity index (χ4v) is 3.33. The van der Waals surface area contributed by atoms with Gasteiger partial charge in [0.05, 0.1) is 24.3 Å². The molecular weight excluding hydrogens is 407 g/mol. The number of esters is 1. The lowest BCUT2D eigenvalue weighted by Crippen LogP contribution is -2.27. The van der Waals surface area contributed by atoms with Crippen LogP contribution in [0.3, 0.4) is 0 Å². The summed E-state index contributed by atoms with van der Waals surface area (Å²) in [5.41, 5.74) is 0.944. The van der Waals surface area contributed by atoms with E-state index in [-0.39, 0.29) is 35.8 Å². The quantitative estimate of drug-likeness (QED) is 0.355. The number of amides is 1. The van der Waals surface area contributed by atoms with E-state index in [4.69, 9.17) is 4.74 Å². The Balaban J connectivity index is 1.95. The first-order valence-electron chi connectivity index (χ1n) is 9.03. The summed E-state index contributed by atoms with van der Waals surface area (Å²) in [5.74, 6) is -0.761. The number of nitrogens with zero attached hydrogens (tertiary/aromatic N) is 2. The van der Waals surface area contributed by atoms with Crippen LogP contribution in [-0.2, 0) is 20.9 Å². The normalized spacial score (nSPS) is 11.3. The highest BCUT2D eigenvalue weighted by Crippen LogP contribution is 2.29. The van der Waals surface area contributed by atoms with Crippen molar-refractivity contribution in [2.45, 2.75) is 37.6 Å². The second-order valence-electron chi connectivity index (χ2n) is 6.04. The zero-order valence-electron chi connectivity index (χ0n) is 15.9. The van der Waals surface area contributed by atoms with Gasteiger partial charge in [0, 0.05) is 13.0 Å². The molecule has 1 heterocycles. The number of nitrogens with one attached hydrogen (secondary N) is 1. The number of hydrogen-bond acceptors (Lipinski definition) is 5. The highest BCUT2D eigenvalue weighted by molar-refractivity contribution is 7.99. The molecular formula is C19H22F3N3O3S. The number of alkyl halides is 3. The van der Waals surface area contributed by atoms with Crippen molar-refractivity contribution in [3.8, 4) is 11.3 Å². The van der Waals surface area contributed by atoms with E-state index in [0.717, 1.165) is 16.3 Å². The fourth-order valence-electron chi connectivity index (χ4n) is 2.52. The van der Waals surface area contributed by atoms with Gasteiger partial charge in [-0.2, -0.15) is 13.2 Å². The molecule has 1 aromatic carbocycles. The average Bonchev–Trinajstić information content (AvgIpc) is 3.05. The molecule has 1 N–H and O–H groups in total. The molecule has 0 saturated carbocycles. The van der Waals surface area contributed by atoms with Crippen molar-refractivity contribution in [2.75, 3.05) is 18.9 Å². The minimum atomic E-state index is -4.42. The van der Waals surface area contributed by atoms with E-state index in [9.17, 15) is 22.8 Å². The summed E-state index contributed by atoms with van der Waals surface area (Å²) in [6.45, 7) is 1.10. The van der Waals surface area contributed by atoms with Gasteiger partial charge < -0.3 is 14.6 Å². The molecule has 0 aliphatic rings. The fraction of sp³-hybridized carbons (Fsp3) is 0.421. The Bertz CT molecular complexity index is 810. The van der Waals surface area contributed by atoms with Gasteiger partial charge in [0.2, 0.25) is 5.91 Å². The Hall–Kier alpha value is -2.49. The molecule has 0 aliphatic carbocycles. The van der Waals surface area contributed by atoms with Crippen LogP contribution in [-0.4, -0.2) is 46.5 Å². The lowest BCUT2D eigenvalue weighted by molar-refractivity contribution is -0.143. The maximum atomic E-state index is 13.0. The minimum Gasteiger partial charge on any atom is -0.466 e. The standard InChI is InChI=1S/C19H22F3N3O3S/c1-2-28-17(27)9-6-10-23-16(26)12-29-18-24-11-15(14-7-4-3-5-8-14)25(18)13-19(20,21)22/h3-5,7-8,11H,2,6,9-10,12-13H2,1H3,(H,23,26). The van der Waals surface area contributed by atoms with Gasteiger partial charge in [-0.25, -0.2) is 4.98 Å². The van der Waals surface area contributed by atoms with Gasteiger partial charge in [0.1, 0.15) is 6.54 Å².